The lowest BCUT2D eigenvalue weighted by atomic mass is 10.2. The molecule has 0 radical (unpaired) electrons. The molecule has 5 nitrogen and oxygen atoms in total. The van der Waals surface area contributed by atoms with Crippen molar-refractivity contribution in [2.45, 2.75) is 30.8 Å². The van der Waals surface area contributed by atoms with Gasteiger partial charge in [-0.05, 0) is 50.2 Å². The van der Waals surface area contributed by atoms with Crippen molar-refractivity contribution in [2.24, 2.45) is 0 Å². The van der Waals surface area contributed by atoms with Gasteiger partial charge < -0.3 is 10.8 Å². The van der Waals surface area contributed by atoms with Crippen molar-refractivity contribution < 1.29 is 14.3 Å². The largest absolute Gasteiger partial charge is 0.478 e. The number of carbonyl (C=O) groups is 1. The molecule has 3 N–H and O–H groups in total. The van der Waals surface area contributed by atoms with E-state index in [1.165, 1.54) is 0 Å². The molecule has 1 heterocycles. The molecule has 21 heavy (non-hydrogen) atoms. The number of aromatic carboxylic acids is 1. The highest BCUT2D eigenvalue weighted by molar-refractivity contribution is 7.99. The van der Waals surface area contributed by atoms with Gasteiger partial charge in [0.2, 0.25) is 0 Å². The number of nitrogens with two attached hydrogens (primary N) is 1. The van der Waals surface area contributed by atoms with Crippen LogP contribution in [0.5, 0.6) is 0 Å². The fourth-order valence-corrected chi connectivity index (χ4v) is 2.61. The zero-order valence-corrected chi connectivity index (χ0v) is 12.6. The number of aromatic nitrogens is 2. The van der Waals surface area contributed by atoms with Gasteiger partial charge in [0.25, 0.3) is 0 Å². The van der Waals surface area contributed by atoms with Crippen LogP contribution >= 0.6 is 11.8 Å². The van der Waals surface area contributed by atoms with E-state index in [4.69, 9.17) is 10.8 Å². The Balaban J connectivity index is 2.41. The number of anilines is 1. The Morgan fingerprint density at radius 3 is 2.33 bits per heavy atom. The zero-order chi connectivity index (χ0) is 15.7. The number of nitrogen functional groups attached to an aromatic ring is 1. The van der Waals surface area contributed by atoms with Crippen LogP contribution in [0.25, 0.3) is 0 Å². The highest BCUT2D eigenvalue weighted by Gasteiger charge is 2.15. The van der Waals surface area contributed by atoms with Crippen LogP contribution in [0.4, 0.5) is 10.1 Å². The van der Waals surface area contributed by atoms with E-state index in [0.717, 1.165) is 40.8 Å². The maximum absolute atomic E-state index is 13.7. The van der Waals surface area contributed by atoms with E-state index >= 15 is 0 Å². The quantitative estimate of drug-likeness (QED) is 0.669. The number of carboxylic acids is 1. The number of aryl methyl sites for hydroxylation is 2. The van der Waals surface area contributed by atoms with Gasteiger partial charge in [-0.3, -0.25) is 0 Å². The van der Waals surface area contributed by atoms with E-state index in [1.807, 2.05) is 20.8 Å². The van der Waals surface area contributed by atoms with Gasteiger partial charge in [-0.25, -0.2) is 19.2 Å². The Hall–Kier alpha value is -2.15. The minimum Gasteiger partial charge on any atom is -0.478 e. The Bertz CT molecular complexity index is 711. The predicted molar refractivity (Wildman–Crippen MR) is 78.1 cm³/mol. The van der Waals surface area contributed by atoms with E-state index in [0.29, 0.717) is 10.1 Å². The summed E-state index contributed by atoms with van der Waals surface area (Å²) >= 11 is 1.11. The van der Waals surface area contributed by atoms with Crippen molar-refractivity contribution in [1.82, 2.24) is 9.97 Å². The van der Waals surface area contributed by atoms with Crippen LogP contribution < -0.4 is 5.73 Å². The van der Waals surface area contributed by atoms with Gasteiger partial charge >= 0.3 is 5.97 Å². The molecule has 0 unspecified atom stereocenters. The molecule has 0 saturated heterocycles. The van der Waals surface area contributed by atoms with Crippen LogP contribution in [0.3, 0.4) is 0 Å². The molecule has 0 aliphatic carbocycles. The molecule has 1 aromatic heterocycles. The SMILES string of the molecule is Cc1nc(Sc2cc(F)c(C(=O)O)cc2N)nc(C)c1C. The third-order valence-electron chi connectivity index (χ3n) is 3.14. The summed E-state index contributed by atoms with van der Waals surface area (Å²) in [6.07, 6.45) is 0. The minimum atomic E-state index is -1.35. The highest BCUT2D eigenvalue weighted by Crippen LogP contribution is 2.32. The molecular formula is C14H14FN3O2S. The Labute approximate surface area is 125 Å². The van der Waals surface area contributed by atoms with Crippen molar-refractivity contribution in [1.29, 1.82) is 0 Å². The van der Waals surface area contributed by atoms with Gasteiger partial charge in [-0.2, -0.15) is 0 Å². The monoisotopic (exact) mass is 307 g/mol. The number of benzene rings is 1. The molecule has 110 valence electrons. The Morgan fingerprint density at radius 2 is 1.81 bits per heavy atom. The third-order valence-corrected chi connectivity index (χ3v) is 4.08. The maximum atomic E-state index is 13.7. The molecule has 0 saturated carbocycles. The summed E-state index contributed by atoms with van der Waals surface area (Å²) in [5.74, 6) is -2.19. The van der Waals surface area contributed by atoms with Crippen molar-refractivity contribution in [2.75, 3.05) is 5.73 Å². The fraction of sp³-hybridized carbons (Fsp3) is 0.214. The van der Waals surface area contributed by atoms with Gasteiger partial charge in [-0.1, -0.05) is 0 Å². The number of halogens is 1. The molecule has 0 spiro atoms. The van der Waals surface area contributed by atoms with Gasteiger partial charge in [0.05, 0.1) is 5.56 Å². The summed E-state index contributed by atoms with van der Waals surface area (Å²) in [5, 5.41) is 9.30. The molecule has 0 aliphatic rings. The Kier molecular flexibility index (Phi) is 4.13. The molecule has 0 fully saturated rings. The van der Waals surface area contributed by atoms with E-state index in [1.54, 1.807) is 0 Å². The smallest absolute Gasteiger partial charge is 0.338 e. The van der Waals surface area contributed by atoms with Crippen molar-refractivity contribution in [3.8, 4) is 0 Å². The molecule has 0 amide bonds. The average Bonchev–Trinajstić information content (AvgIpc) is 2.39. The lowest BCUT2D eigenvalue weighted by Crippen LogP contribution is -2.03. The summed E-state index contributed by atoms with van der Waals surface area (Å²) < 4.78 is 13.7. The Morgan fingerprint density at radius 1 is 1.24 bits per heavy atom. The zero-order valence-electron chi connectivity index (χ0n) is 11.8. The predicted octanol–water partition coefficient (Wildman–Crippen LogP) is 2.97. The molecular weight excluding hydrogens is 293 g/mol. The van der Waals surface area contributed by atoms with Gasteiger partial charge in [0.15, 0.2) is 5.16 Å². The summed E-state index contributed by atoms with van der Waals surface area (Å²) in [6.45, 7) is 5.66. The first-order valence-corrected chi connectivity index (χ1v) is 6.93. The van der Waals surface area contributed by atoms with E-state index in [2.05, 4.69) is 9.97 Å². The molecule has 7 heteroatoms. The number of nitrogens with zero attached hydrogens (tertiary/aromatic N) is 2. The maximum Gasteiger partial charge on any atom is 0.338 e. The number of hydrogen-bond donors (Lipinski definition) is 2. The van der Waals surface area contributed by atoms with Crippen LogP contribution in [-0.4, -0.2) is 21.0 Å². The van der Waals surface area contributed by atoms with Crippen LogP contribution in [-0.2, 0) is 0 Å². The number of carboxylic acid groups (broad SMARTS) is 1. The van der Waals surface area contributed by atoms with E-state index < -0.39 is 17.3 Å². The molecule has 0 atom stereocenters. The van der Waals surface area contributed by atoms with Crippen LogP contribution in [0.2, 0.25) is 0 Å². The molecule has 1 aromatic carbocycles. The standard InChI is InChI=1S/C14H14FN3O2S/c1-6-7(2)17-14(18-8(6)3)21-12-5-10(15)9(13(19)20)4-11(12)16/h4-5H,16H2,1-3H3,(H,19,20). The summed E-state index contributed by atoms with van der Waals surface area (Å²) in [7, 11) is 0. The summed E-state index contributed by atoms with van der Waals surface area (Å²) in [5.41, 5.74) is 8.18. The normalized spacial score (nSPS) is 10.7. The second-order valence-corrected chi connectivity index (χ2v) is 5.59. The van der Waals surface area contributed by atoms with Crippen molar-refractivity contribution >= 4 is 23.4 Å². The first-order valence-electron chi connectivity index (χ1n) is 6.11. The fourth-order valence-electron chi connectivity index (χ4n) is 1.71. The van der Waals surface area contributed by atoms with Crippen LogP contribution in [0.15, 0.2) is 22.2 Å². The number of hydrogen-bond acceptors (Lipinski definition) is 5. The van der Waals surface area contributed by atoms with Gasteiger partial charge in [0.1, 0.15) is 5.82 Å². The van der Waals surface area contributed by atoms with Crippen LogP contribution in [0, 0.1) is 26.6 Å². The van der Waals surface area contributed by atoms with Crippen molar-refractivity contribution in [3.63, 3.8) is 0 Å². The molecule has 2 aromatic rings. The minimum absolute atomic E-state index is 0.179. The van der Waals surface area contributed by atoms with Gasteiger partial charge in [-0.15, -0.1) is 0 Å². The number of rotatable bonds is 3. The second-order valence-electron chi connectivity index (χ2n) is 4.58. The lowest BCUT2D eigenvalue weighted by molar-refractivity contribution is 0.0692. The third kappa shape index (κ3) is 3.13. The van der Waals surface area contributed by atoms with E-state index in [-0.39, 0.29) is 5.69 Å². The first kappa shape index (κ1) is 15.2. The molecule has 0 aliphatic heterocycles. The van der Waals surface area contributed by atoms with E-state index in [9.17, 15) is 9.18 Å². The van der Waals surface area contributed by atoms with Crippen LogP contribution in [0.1, 0.15) is 27.3 Å². The highest BCUT2D eigenvalue weighted by atomic mass is 32.2. The average molecular weight is 307 g/mol. The molecule has 2 rings (SSSR count). The topological polar surface area (TPSA) is 89.1 Å². The lowest BCUT2D eigenvalue weighted by Gasteiger charge is -2.09. The van der Waals surface area contributed by atoms with Crippen molar-refractivity contribution in [3.05, 3.63) is 40.5 Å². The molecule has 0 bridgehead atoms. The second kappa shape index (κ2) is 5.69. The summed E-state index contributed by atoms with van der Waals surface area (Å²) in [4.78, 5) is 19.9. The van der Waals surface area contributed by atoms with Gasteiger partial charge in [0, 0.05) is 22.0 Å². The summed E-state index contributed by atoms with van der Waals surface area (Å²) in [6, 6.07) is 2.20. The first-order chi connectivity index (χ1) is 9.79.